The maximum atomic E-state index is 6.42. The molecule has 37 heavy (non-hydrogen) atoms. The summed E-state index contributed by atoms with van der Waals surface area (Å²) in [6.07, 6.45) is 8.47. The van der Waals surface area contributed by atoms with Crippen molar-refractivity contribution in [2.45, 2.75) is 37.8 Å². The number of rotatable bonds is 6. The summed E-state index contributed by atoms with van der Waals surface area (Å²) in [7, 11) is 1.66. The zero-order valence-electron chi connectivity index (χ0n) is 21.3. The predicted molar refractivity (Wildman–Crippen MR) is 146 cm³/mol. The number of hydrogen-bond acceptors (Lipinski definition) is 7. The Labute approximate surface area is 217 Å². The molecular weight excluding hydrogens is 464 g/mol. The number of likely N-dealkylation sites (tertiary alicyclic amines) is 1. The van der Waals surface area contributed by atoms with E-state index in [1.54, 1.807) is 13.4 Å². The Balaban J connectivity index is 1.30. The van der Waals surface area contributed by atoms with Gasteiger partial charge >= 0.3 is 0 Å². The first-order chi connectivity index (χ1) is 18.2. The van der Waals surface area contributed by atoms with Gasteiger partial charge in [0.2, 0.25) is 0 Å². The number of nitrogen functional groups attached to an aromatic ring is 1. The lowest BCUT2D eigenvalue weighted by molar-refractivity contribution is 0.114. The SMILES string of the molecule is COc1cc(-c2cn(C3CCN(C4CCNCC4)CC3)c3ncnc(N)c23)ccc1Oc1ccccc1. The second-order valence-corrected chi connectivity index (χ2v) is 9.94. The highest BCUT2D eigenvalue weighted by Gasteiger charge is 2.28. The third kappa shape index (κ3) is 4.74. The molecule has 0 radical (unpaired) electrons. The number of piperidine rings is 2. The Morgan fingerprint density at radius 2 is 1.70 bits per heavy atom. The maximum Gasteiger partial charge on any atom is 0.169 e. The maximum absolute atomic E-state index is 6.42. The van der Waals surface area contributed by atoms with Crippen LogP contribution in [0.4, 0.5) is 5.82 Å². The van der Waals surface area contributed by atoms with Crippen molar-refractivity contribution in [1.29, 1.82) is 0 Å². The van der Waals surface area contributed by atoms with Crippen molar-refractivity contribution in [1.82, 2.24) is 24.8 Å². The van der Waals surface area contributed by atoms with E-state index in [1.807, 2.05) is 48.5 Å². The molecule has 2 aromatic heterocycles. The van der Waals surface area contributed by atoms with Crippen LogP contribution in [0.2, 0.25) is 0 Å². The molecule has 0 bridgehead atoms. The molecule has 0 amide bonds. The highest BCUT2D eigenvalue weighted by Crippen LogP contribution is 2.40. The molecule has 192 valence electrons. The number of benzene rings is 2. The average Bonchev–Trinajstić information content (AvgIpc) is 3.35. The molecule has 8 nitrogen and oxygen atoms in total. The van der Waals surface area contributed by atoms with Gasteiger partial charge in [0.15, 0.2) is 11.5 Å². The summed E-state index contributed by atoms with van der Waals surface area (Å²) in [4.78, 5) is 11.7. The minimum Gasteiger partial charge on any atom is -0.493 e. The summed E-state index contributed by atoms with van der Waals surface area (Å²) in [5, 5.41) is 4.37. The third-order valence-corrected chi connectivity index (χ3v) is 7.80. The van der Waals surface area contributed by atoms with Gasteiger partial charge in [-0.05, 0) is 68.6 Å². The number of anilines is 1. The Hall–Kier alpha value is -3.62. The number of nitrogens with two attached hydrogens (primary N) is 1. The van der Waals surface area contributed by atoms with E-state index < -0.39 is 0 Å². The molecule has 2 fully saturated rings. The molecule has 0 spiro atoms. The van der Waals surface area contributed by atoms with Gasteiger partial charge in [-0.3, -0.25) is 0 Å². The Kier molecular flexibility index (Phi) is 6.68. The first kappa shape index (κ1) is 23.8. The van der Waals surface area contributed by atoms with Gasteiger partial charge < -0.3 is 30.0 Å². The lowest BCUT2D eigenvalue weighted by Gasteiger charge is -2.39. The van der Waals surface area contributed by atoms with E-state index in [-0.39, 0.29) is 0 Å². The number of aromatic nitrogens is 3. The van der Waals surface area contributed by atoms with Crippen LogP contribution >= 0.6 is 0 Å². The lowest BCUT2D eigenvalue weighted by Crippen LogP contribution is -2.46. The molecule has 8 heteroatoms. The van der Waals surface area contributed by atoms with Gasteiger partial charge in [0, 0.05) is 36.9 Å². The molecule has 4 aromatic rings. The molecule has 2 aromatic carbocycles. The van der Waals surface area contributed by atoms with Gasteiger partial charge in [-0.1, -0.05) is 24.3 Å². The molecule has 4 heterocycles. The first-order valence-electron chi connectivity index (χ1n) is 13.2. The van der Waals surface area contributed by atoms with Crippen LogP contribution in [-0.4, -0.2) is 58.8 Å². The van der Waals surface area contributed by atoms with Crippen LogP contribution in [0.25, 0.3) is 22.2 Å². The summed E-state index contributed by atoms with van der Waals surface area (Å²) in [5.41, 5.74) is 9.33. The number of hydrogen-bond donors (Lipinski definition) is 2. The summed E-state index contributed by atoms with van der Waals surface area (Å²) in [6, 6.07) is 16.8. The standard InChI is InChI=1S/C29H34N6O2/c1-36-26-17-20(7-8-25(26)37-23-5-3-2-4-6-23)24-18-35(29-27(24)28(30)32-19-33-29)22-11-15-34(16-12-22)21-9-13-31-14-10-21/h2-8,17-19,21-22,31H,9-16H2,1H3,(H2,30,32,33). The topological polar surface area (TPSA) is 90.5 Å². The number of methoxy groups -OCH3 is 1. The van der Waals surface area contributed by atoms with Crippen LogP contribution in [0.1, 0.15) is 31.7 Å². The first-order valence-corrected chi connectivity index (χ1v) is 13.2. The second kappa shape index (κ2) is 10.4. The van der Waals surface area contributed by atoms with Crippen molar-refractivity contribution in [3.05, 3.63) is 61.1 Å². The van der Waals surface area contributed by atoms with E-state index in [0.29, 0.717) is 29.4 Å². The van der Waals surface area contributed by atoms with E-state index in [2.05, 4.69) is 30.9 Å². The van der Waals surface area contributed by atoms with E-state index in [0.717, 1.165) is 66.9 Å². The molecular formula is C29H34N6O2. The number of para-hydroxylation sites is 1. The lowest BCUT2D eigenvalue weighted by atomic mass is 9.98. The number of ether oxygens (including phenoxy) is 2. The van der Waals surface area contributed by atoms with Gasteiger partial charge in [0.1, 0.15) is 23.5 Å². The molecule has 0 atom stereocenters. The van der Waals surface area contributed by atoms with Gasteiger partial charge in [-0.25, -0.2) is 9.97 Å². The fraction of sp³-hybridized carbons (Fsp3) is 0.379. The van der Waals surface area contributed by atoms with E-state index in [1.165, 1.54) is 12.8 Å². The van der Waals surface area contributed by atoms with Crippen LogP contribution in [0.15, 0.2) is 61.1 Å². The van der Waals surface area contributed by atoms with Crippen LogP contribution < -0.4 is 20.5 Å². The summed E-state index contributed by atoms with van der Waals surface area (Å²) < 4.78 is 14.1. The highest BCUT2D eigenvalue weighted by molar-refractivity contribution is 6.01. The van der Waals surface area contributed by atoms with Crippen molar-refractivity contribution in [2.24, 2.45) is 0 Å². The van der Waals surface area contributed by atoms with Crippen molar-refractivity contribution >= 4 is 16.9 Å². The Morgan fingerprint density at radius 1 is 0.919 bits per heavy atom. The third-order valence-electron chi connectivity index (χ3n) is 7.80. The van der Waals surface area contributed by atoms with Crippen LogP contribution in [0.5, 0.6) is 17.2 Å². The molecule has 0 unspecified atom stereocenters. The van der Waals surface area contributed by atoms with Gasteiger partial charge in [-0.2, -0.15) is 0 Å². The van der Waals surface area contributed by atoms with Crippen LogP contribution in [0, 0.1) is 0 Å². The van der Waals surface area contributed by atoms with Gasteiger partial charge in [-0.15, -0.1) is 0 Å². The van der Waals surface area contributed by atoms with Crippen molar-refractivity contribution < 1.29 is 9.47 Å². The van der Waals surface area contributed by atoms with Crippen molar-refractivity contribution in [2.75, 3.05) is 39.0 Å². The molecule has 0 saturated carbocycles. The largest absolute Gasteiger partial charge is 0.493 e. The zero-order chi connectivity index (χ0) is 25.2. The van der Waals surface area contributed by atoms with Gasteiger partial charge in [0.25, 0.3) is 0 Å². The Morgan fingerprint density at radius 3 is 2.46 bits per heavy atom. The zero-order valence-corrected chi connectivity index (χ0v) is 21.3. The Bertz CT molecular complexity index is 1360. The number of nitrogens with one attached hydrogen (secondary N) is 1. The number of fused-ring (bicyclic) bond motifs is 1. The fourth-order valence-electron chi connectivity index (χ4n) is 5.84. The van der Waals surface area contributed by atoms with E-state index in [4.69, 9.17) is 15.2 Å². The van der Waals surface area contributed by atoms with Crippen molar-refractivity contribution in [3.63, 3.8) is 0 Å². The summed E-state index contributed by atoms with van der Waals surface area (Å²) in [5.74, 6) is 2.58. The highest BCUT2D eigenvalue weighted by atomic mass is 16.5. The van der Waals surface area contributed by atoms with Crippen molar-refractivity contribution in [3.8, 4) is 28.4 Å². The molecule has 3 N–H and O–H groups in total. The summed E-state index contributed by atoms with van der Waals surface area (Å²) in [6.45, 7) is 4.49. The normalized spacial score (nSPS) is 17.8. The van der Waals surface area contributed by atoms with E-state index in [9.17, 15) is 0 Å². The number of nitrogens with zero attached hydrogens (tertiary/aromatic N) is 4. The average molecular weight is 499 g/mol. The minimum atomic E-state index is 0.381. The minimum absolute atomic E-state index is 0.381. The molecule has 2 aliphatic rings. The van der Waals surface area contributed by atoms with Gasteiger partial charge in [0.05, 0.1) is 12.5 Å². The smallest absolute Gasteiger partial charge is 0.169 e. The van der Waals surface area contributed by atoms with Crippen LogP contribution in [0.3, 0.4) is 0 Å². The fourth-order valence-corrected chi connectivity index (χ4v) is 5.84. The molecule has 6 rings (SSSR count). The summed E-state index contributed by atoms with van der Waals surface area (Å²) >= 11 is 0. The van der Waals surface area contributed by atoms with Crippen LogP contribution in [-0.2, 0) is 0 Å². The second-order valence-electron chi connectivity index (χ2n) is 9.94. The van der Waals surface area contributed by atoms with E-state index >= 15 is 0 Å². The molecule has 2 aliphatic heterocycles. The molecule has 0 aliphatic carbocycles. The predicted octanol–water partition coefficient (Wildman–Crippen LogP) is 4.87. The quantitative estimate of drug-likeness (QED) is 0.392. The monoisotopic (exact) mass is 498 g/mol. The molecule has 2 saturated heterocycles.